The molecule has 11 heteroatoms. The molecule has 2 aromatic rings. The molecule has 0 spiro atoms. The van der Waals surface area contributed by atoms with Crippen molar-refractivity contribution in [2.75, 3.05) is 38.2 Å². The summed E-state index contributed by atoms with van der Waals surface area (Å²) in [5.74, 6) is 0. The van der Waals surface area contributed by atoms with Gasteiger partial charge in [0.1, 0.15) is 6.17 Å². The van der Waals surface area contributed by atoms with E-state index in [4.69, 9.17) is 4.74 Å². The lowest BCUT2D eigenvalue weighted by atomic mass is 10.1. The zero-order valence-electron chi connectivity index (χ0n) is 24.7. The van der Waals surface area contributed by atoms with Crippen molar-refractivity contribution in [3.8, 4) is 0 Å². The summed E-state index contributed by atoms with van der Waals surface area (Å²) in [6.45, 7) is 3.73. The molecule has 10 nitrogen and oxygen atoms in total. The van der Waals surface area contributed by atoms with Crippen LogP contribution in [0.1, 0.15) is 49.7 Å². The predicted octanol–water partition coefficient (Wildman–Crippen LogP) is 3.49. The van der Waals surface area contributed by atoms with Crippen LogP contribution in [0.25, 0.3) is 5.70 Å². The van der Waals surface area contributed by atoms with Gasteiger partial charge in [0.15, 0.2) is 0 Å². The maximum Gasteiger partial charge on any atom is 0.327 e. The van der Waals surface area contributed by atoms with Crippen molar-refractivity contribution in [1.29, 1.82) is 0 Å². The van der Waals surface area contributed by atoms with E-state index in [-0.39, 0.29) is 24.3 Å². The standard InChI is InChI=1S/C32H42N6O4S/c1-33-21-23-6-10-26(11-7-23)37-22-25-20-30(35-31(25)36-32(37)39)24-8-12-29(13-9-24)43(40,41)38(27-14-16-34-17-15-27)18-2-4-28-5-3-19-42-28/h6-13,20,22,27-28,31,33-35H,2-5,14-19,21H2,1H3,(H,36,39). The first-order valence-corrected chi connectivity index (χ1v) is 16.8. The number of nitrogens with one attached hydrogen (secondary N) is 4. The van der Waals surface area contributed by atoms with Gasteiger partial charge in [-0.05, 0) is 100 Å². The number of hydrogen-bond acceptors (Lipinski definition) is 7. The summed E-state index contributed by atoms with van der Waals surface area (Å²) in [6, 6.07) is 14.8. The first kappa shape index (κ1) is 29.8. The number of fused-ring (bicyclic) bond motifs is 1. The number of amides is 2. The maximum atomic E-state index is 13.9. The van der Waals surface area contributed by atoms with Crippen LogP contribution in [0.4, 0.5) is 10.5 Å². The molecule has 0 saturated carbocycles. The zero-order valence-corrected chi connectivity index (χ0v) is 25.5. The van der Waals surface area contributed by atoms with E-state index in [1.54, 1.807) is 21.3 Å². The molecule has 2 fully saturated rings. The van der Waals surface area contributed by atoms with E-state index in [9.17, 15) is 13.2 Å². The minimum Gasteiger partial charge on any atom is -0.378 e. The third-order valence-corrected chi connectivity index (χ3v) is 10.7. The molecule has 2 amide bonds. The molecule has 2 aromatic carbocycles. The third kappa shape index (κ3) is 6.66. The summed E-state index contributed by atoms with van der Waals surface area (Å²) < 4.78 is 35.4. The van der Waals surface area contributed by atoms with Crippen molar-refractivity contribution in [1.82, 2.24) is 25.6 Å². The smallest absolute Gasteiger partial charge is 0.327 e. The number of sulfonamides is 1. The second-order valence-electron chi connectivity index (χ2n) is 11.7. The number of ether oxygens (including phenoxy) is 1. The van der Waals surface area contributed by atoms with Gasteiger partial charge in [-0.15, -0.1) is 0 Å². The second-order valence-corrected chi connectivity index (χ2v) is 13.6. The van der Waals surface area contributed by atoms with E-state index < -0.39 is 10.0 Å². The molecule has 2 atom stereocenters. The van der Waals surface area contributed by atoms with Crippen molar-refractivity contribution >= 4 is 27.4 Å². The number of nitrogens with zero attached hydrogens (tertiary/aromatic N) is 2. The van der Waals surface area contributed by atoms with Gasteiger partial charge >= 0.3 is 6.03 Å². The molecule has 4 N–H and O–H groups in total. The van der Waals surface area contributed by atoms with E-state index in [0.717, 1.165) is 92.9 Å². The number of anilines is 1. The molecule has 6 rings (SSSR count). The topological polar surface area (TPSA) is 115 Å². The van der Waals surface area contributed by atoms with Crippen molar-refractivity contribution in [3.05, 3.63) is 77.5 Å². The monoisotopic (exact) mass is 606 g/mol. The van der Waals surface area contributed by atoms with Crippen LogP contribution in [-0.4, -0.2) is 70.4 Å². The van der Waals surface area contributed by atoms with Gasteiger partial charge in [0, 0.05) is 43.2 Å². The molecular weight excluding hydrogens is 564 g/mol. The normalized spacial score (nSPS) is 22.7. The number of rotatable bonds is 11. The lowest BCUT2D eigenvalue weighted by Crippen LogP contribution is -2.51. The molecule has 0 radical (unpaired) electrons. The van der Waals surface area contributed by atoms with Gasteiger partial charge in [-0.3, -0.25) is 4.90 Å². The van der Waals surface area contributed by atoms with Crippen LogP contribution in [0.3, 0.4) is 0 Å². The van der Waals surface area contributed by atoms with E-state index in [2.05, 4.69) is 21.3 Å². The van der Waals surface area contributed by atoms with E-state index in [1.165, 1.54) is 0 Å². The van der Waals surface area contributed by atoms with Crippen molar-refractivity contribution in [3.63, 3.8) is 0 Å². The van der Waals surface area contributed by atoms with Gasteiger partial charge in [0.05, 0.1) is 16.7 Å². The lowest BCUT2D eigenvalue weighted by Gasteiger charge is -2.34. The Hall–Kier alpha value is -3.22. The van der Waals surface area contributed by atoms with Crippen LogP contribution in [0.2, 0.25) is 0 Å². The van der Waals surface area contributed by atoms with Crippen LogP contribution >= 0.6 is 0 Å². The average Bonchev–Trinajstić information content (AvgIpc) is 3.70. The molecule has 0 aromatic heterocycles. The molecule has 4 aliphatic rings. The highest BCUT2D eigenvalue weighted by molar-refractivity contribution is 7.89. The molecule has 0 bridgehead atoms. The molecule has 4 heterocycles. The largest absolute Gasteiger partial charge is 0.378 e. The van der Waals surface area contributed by atoms with E-state index in [0.29, 0.717) is 11.4 Å². The van der Waals surface area contributed by atoms with Crippen molar-refractivity contribution < 1.29 is 17.9 Å². The van der Waals surface area contributed by atoms with E-state index in [1.807, 2.05) is 55.7 Å². The van der Waals surface area contributed by atoms with Gasteiger partial charge in [-0.25, -0.2) is 13.2 Å². The van der Waals surface area contributed by atoms with Crippen molar-refractivity contribution in [2.45, 2.75) is 68.3 Å². The van der Waals surface area contributed by atoms with Gasteiger partial charge in [0.25, 0.3) is 0 Å². The maximum absolute atomic E-state index is 13.9. The van der Waals surface area contributed by atoms with E-state index >= 15 is 0 Å². The lowest BCUT2D eigenvalue weighted by molar-refractivity contribution is 0.0997. The summed E-state index contributed by atoms with van der Waals surface area (Å²) in [5, 5.41) is 12.9. The number of piperidine rings is 1. The highest BCUT2D eigenvalue weighted by atomic mass is 32.2. The molecular formula is C32H42N6O4S. The van der Waals surface area contributed by atoms with Gasteiger partial charge in [-0.1, -0.05) is 24.3 Å². The fourth-order valence-corrected chi connectivity index (χ4v) is 8.11. The van der Waals surface area contributed by atoms with Crippen LogP contribution in [0.15, 0.2) is 71.3 Å². The fraction of sp³-hybridized carbons (Fsp3) is 0.469. The zero-order chi connectivity index (χ0) is 29.8. The first-order valence-electron chi connectivity index (χ1n) is 15.4. The van der Waals surface area contributed by atoms with Crippen molar-refractivity contribution in [2.24, 2.45) is 0 Å². The minimum absolute atomic E-state index is 0.00392. The molecule has 4 aliphatic heterocycles. The highest BCUT2D eigenvalue weighted by Crippen LogP contribution is 2.30. The Kier molecular flexibility index (Phi) is 9.15. The minimum atomic E-state index is -3.66. The highest BCUT2D eigenvalue weighted by Gasteiger charge is 2.34. The van der Waals surface area contributed by atoms with Crippen LogP contribution in [0.5, 0.6) is 0 Å². The number of benzene rings is 2. The Bertz CT molecular complexity index is 1450. The number of carbonyl (C=O) groups excluding carboxylic acids is 1. The molecule has 230 valence electrons. The van der Waals surface area contributed by atoms with Crippen LogP contribution in [0, 0.1) is 0 Å². The summed E-state index contributed by atoms with van der Waals surface area (Å²) in [5.41, 5.74) is 4.54. The molecule has 43 heavy (non-hydrogen) atoms. The Morgan fingerprint density at radius 2 is 1.79 bits per heavy atom. The second kappa shape index (κ2) is 13.2. The van der Waals surface area contributed by atoms with Gasteiger partial charge < -0.3 is 26.0 Å². The Balaban J connectivity index is 1.17. The third-order valence-electron chi connectivity index (χ3n) is 8.72. The number of carbonyl (C=O) groups is 1. The molecule has 2 unspecified atom stereocenters. The average molecular weight is 607 g/mol. The first-order chi connectivity index (χ1) is 20.9. The van der Waals surface area contributed by atoms with Gasteiger partial charge in [-0.2, -0.15) is 4.31 Å². The predicted molar refractivity (Wildman–Crippen MR) is 168 cm³/mol. The summed E-state index contributed by atoms with van der Waals surface area (Å²) in [4.78, 5) is 14.8. The van der Waals surface area contributed by atoms with Crippen LogP contribution < -0.4 is 26.2 Å². The summed E-state index contributed by atoms with van der Waals surface area (Å²) >= 11 is 0. The Labute approximate surface area is 254 Å². The number of urea groups is 1. The summed E-state index contributed by atoms with van der Waals surface area (Å²) in [7, 11) is -1.76. The number of hydrogen-bond donors (Lipinski definition) is 4. The molecule has 2 saturated heterocycles. The Morgan fingerprint density at radius 3 is 2.49 bits per heavy atom. The van der Waals surface area contributed by atoms with Gasteiger partial charge in [0.2, 0.25) is 10.0 Å². The SMILES string of the molecule is CNCc1ccc(N2C=C3C=C(c4ccc(S(=O)(=O)N(CCCC5CCCO5)C5CCNCC5)cc4)NC3NC2=O)cc1. The fourth-order valence-electron chi connectivity index (χ4n) is 6.38. The Morgan fingerprint density at radius 1 is 1.02 bits per heavy atom. The molecule has 0 aliphatic carbocycles. The van der Waals surface area contributed by atoms with Crippen LogP contribution in [-0.2, 0) is 21.3 Å². The summed E-state index contributed by atoms with van der Waals surface area (Å²) in [6.07, 6.45) is 9.23. The quantitative estimate of drug-likeness (QED) is 0.310.